The van der Waals surface area contributed by atoms with Crippen LogP contribution in [0.1, 0.15) is 20.8 Å². The Labute approximate surface area is 135 Å². The average molecular weight is 351 g/mol. The molecule has 0 heterocycles. The Kier molecular flexibility index (Phi) is 6.46. The molecule has 1 amide bonds. The molecule has 0 saturated carbocycles. The second-order valence-electron chi connectivity index (χ2n) is 5.30. The number of benzene rings is 1. The van der Waals surface area contributed by atoms with E-state index in [1.165, 1.54) is 0 Å². The number of hydrogen-bond acceptors (Lipinski definition) is 5. The van der Waals surface area contributed by atoms with Gasteiger partial charge < -0.3 is 9.47 Å². The van der Waals surface area contributed by atoms with Crippen LogP contribution in [-0.2, 0) is 14.9 Å². The minimum Gasteiger partial charge on any atom is -0.492 e. The molecule has 1 aromatic carbocycles. The maximum absolute atomic E-state index is 11.6. The van der Waals surface area contributed by atoms with Crippen molar-refractivity contribution in [3.8, 4) is 5.75 Å². The fourth-order valence-corrected chi connectivity index (χ4v) is 2.13. The number of carbonyl (C=O) groups excluding carboxylic acids is 1. The molecule has 1 aromatic rings. The Balaban J connectivity index is 2.33. The molecule has 0 aliphatic carbocycles. The van der Waals surface area contributed by atoms with Crippen LogP contribution in [0.25, 0.3) is 0 Å². The lowest BCUT2D eigenvalue weighted by Crippen LogP contribution is -2.43. The molecule has 0 atom stereocenters. The first-order valence-corrected chi connectivity index (χ1v) is 8.32. The lowest BCUT2D eigenvalue weighted by Gasteiger charge is -2.19. The normalized spacial score (nSPS) is 11.8. The molecule has 0 radical (unpaired) electrons. The van der Waals surface area contributed by atoms with Gasteiger partial charge in [-0.3, -0.25) is 0 Å². The summed E-state index contributed by atoms with van der Waals surface area (Å²) in [6.07, 6.45) is -1.04. The van der Waals surface area contributed by atoms with Crippen molar-refractivity contribution in [2.45, 2.75) is 26.4 Å². The summed E-state index contributed by atoms with van der Waals surface area (Å²) in [5.41, 5.74) is -0.780. The SMILES string of the molecule is CC(C)(C)OC(=O)NS(=O)(=O)NCCOc1ccc(Cl)cc1. The molecule has 0 bridgehead atoms. The molecule has 0 unspecified atom stereocenters. The van der Waals surface area contributed by atoms with Crippen molar-refractivity contribution in [1.82, 2.24) is 9.44 Å². The van der Waals surface area contributed by atoms with Crippen LogP contribution in [0.5, 0.6) is 5.75 Å². The molecule has 0 saturated heterocycles. The van der Waals surface area contributed by atoms with Gasteiger partial charge in [0, 0.05) is 11.6 Å². The third-order valence-corrected chi connectivity index (χ3v) is 3.36. The summed E-state index contributed by atoms with van der Waals surface area (Å²) < 4.78 is 37.2. The third kappa shape index (κ3) is 8.06. The predicted octanol–water partition coefficient (Wildman–Crippen LogP) is 2.08. The molecule has 7 nitrogen and oxygen atoms in total. The van der Waals surface area contributed by atoms with Gasteiger partial charge in [-0.1, -0.05) is 11.6 Å². The predicted molar refractivity (Wildman–Crippen MR) is 83.2 cm³/mol. The fourth-order valence-electron chi connectivity index (χ4n) is 1.32. The molecule has 22 heavy (non-hydrogen) atoms. The van der Waals surface area contributed by atoms with Crippen molar-refractivity contribution < 1.29 is 22.7 Å². The minimum absolute atomic E-state index is 0.0131. The Morgan fingerprint density at radius 3 is 2.36 bits per heavy atom. The fraction of sp³-hybridized carbons (Fsp3) is 0.462. The van der Waals surface area contributed by atoms with Gasteiger partial charge in [-0.15, -0.1) is 0 Å². The number of halogens is 1. The lowest BCUT2D eigenvalue weighted by molar-refractivity contribution is 0.0569. The van der Waals surface area contributed by atoms with E-state index in [0.717, 1.165) is 0 Å². The van der Waals surface area contributed by atoms with Gasteiger partial charge in [0.05, 0.1) is 0 Å². The first-order chi connectivity index (χ1) is 10.1. The Morgan fingerprint density at radius 2 is 1.82 bits per heavy atom. The van der Waals surface area contributed by atoms with E-state index >= 15 is 0 Å². The average Bonchev–Trinajstić information content (AvgIpc) is 2.33. The summed E-state index contributed by atoms with van der Waals surface area (Å²) in [4.78, 5) is 11.4. The van der Waals surface area contributed by atoms with Gasteiger partial charge in [0.25, 0.3) is 0 Å². The van der Waals surface area contributed by atoms with Gasteiger partial charge in [0.15, 0.2) is 0 Å². The number of nitrogens with one attached hydrogen (secondary N) is 2. The first-order valence-electron chi connectivity index (χ1n) is 6.46. The highest BCUT2D eigenvalue weighted by Crippen LogP contribution is 2.15. The lowest BCUT2D eigenvalue weighted by atomic mass is 10.2. The van der Waals surface area contributed by atoms with Crippen molar-refractivity contribution in [2.24, 2.45) is 0 Å². The Hall–Kier alpha value is -1.51. The highest BCUT2D eigenvalue weighted by Gasteiger charge is 2.20. The first kappa shape index (κ1) is 18.5. The summed E-state index contributed by atoms with van der Waals surface area (Å²) in [5.74, 6) is 0.559. The summed E-state index contributed by atoms with van der Waals surface area (Å²) in [5, 5.41) is 0.578. The highest BCUT2D eigenvalue weighted by atomic mass is 35.5. The third-order valence-electron chi connectivity index (χ3n) is 2.09. The monoisotopic (exact) mass is 350 g/mol. The summed E-state index contributed by atoms with van der Waals surface area (Å²) in [7, 11) is -3.99. The van der Waals surface area contributed by atoms with Gasteiger partial charge >= 0.3 is 16.3 Å². The van der Waals surface area contributed by atoms with Gasteiger partial charge in [-0.2, -0.15) is 13.1 Å². The van der Waals surface area contributed by atoms with Crippen LogP contribution in [0.15, 0.2) is 24.3 Å². The van der Waals surface area contributed by atoms with Crippen LogP contribution < -0.4 is 14.2 Å². The summed E-state index contributed by atoms with van der Waals surface area (Å²) >= 11 is 5.73. The van der Waals surface area contributed by atoms with E-state index in [9.17, 15) is 13.2 Å². The zero-order valence-electron chi connectivity index (χ0n) is 12.6. The quantitative estimate of drug-likeness (QED) is 0.766. The number of hydrogen-bond donors (Lipinski definition) is 2. The van der Waals surface area contributed by atoms with Crippen molar-refractivity contribution in [3.63, 3.8) is 0 Å². The van der Waals surface area contributed by atoms with E-state index in [4.69, 9.17) is 21.1 Å². The van der Waals surface area contributed by atoms with E-state index in [1.807, 2.05) is 0 Å². The van der Waals surface area contributed by atoms with Crippen LogP contribution in [0.3, 0.4) is 0 Å². The molecule has 9 heteroatoms. The summed E-state index contributed by atoms with van der Waals surface area (Å²) in [6.45, 7) is 4.98. The molecule has 2 N–H and O–H groups in total. The van der Waals surface area contributed by atoms with Crippen LogP contribution in [0, 0.1) is 0 Å². The maximum atomic E-state index is 11.6. The molecule has 124 valence electrons. The van der Waals surface area contributed by atoms with E-state index < -0.39 is 21.9 Å². The van der Waals surface area contributed by atoms with Crippen molar-refractivity contribution >= 4 is 27.9 Å². The van der Waals surface area contributed by atoms with E-state index in [-0.39, 0.29) is 13.2 Å². The van der Waals surface area contributed by atoms with Crippen LogP contribution >= 0.6 is 11.6 Å². The molecule has 0 spiro atoms. The smallest absolute Gasteiger partial charge is 0.422 e. The van der Waals surface area contributed by atoms with E-state index in [0.29, 0.717) is 10.8 Å². The molecule has 0 aromatic heterocycles. The molecular formula is C13H19ClN2O5S. The number of amides is 1. The standard InChI is InChI=1S/C13H19ClN2O5S/c1-13(2,3)21-12(17)16-22(18,19)15-8-9-20-11-6-4-10(14)5-7-11/h4-7,15H,8-9H2,1-3H3,(H,16,17). The largest absolute Gasteiger partial charge is 0.492 e. The van der Waals surface area contributed by atoms with Crippen molar-refractivity contribution in [3.05, 3.63) is 29.3 Å². The van der Waals surface area contributed by atoms with E-state index in [1.54, 1.807) is 49.8 Å². The van der Waals surface area contributed by atoms with Crippen molar-refractivity contribution in [2.75, 3.05) is 13.2 Å². The maximum Gasteiger partial charge on any atom is 0.422 e. The molecule has 0 aliphatic heterocycles. The molecule has 0 fully saturated rings. The highest BCUT2D eigenvalue weighted by molar-refractivity contribution is 7.88. The number of ether oxygens (including phenoxy) is 2. The Bertz CT molecular complexity index is 596. The number of carbonyl (C=O) groups is 1. The van der Waals surface area contributed by atoms with E-state index in [2.05, 4.69) is 4.72 Å². The summed E-state index contributed by atoms with van der Waals surface area (Å²) in [6, 6.07) is 6.64. The minimum atomic E-state index is -3.99. The second-order valence-corrected chi connectivity index (χ2v) is 7.24. The van der Waals surface area contributed by atoms with Crippen LogP contribution in [-0.4, -0.2) is 33.3 Å². The van der Waals surface area contributed by atoms with Crippen LogP contribution in [0.4, 0.5) is 4.79 Å². The molecular weight excluding hydrogens is 332 g/mol. The molecule has 1 rings (SSSR count). The van der Waals surface area contributed by atoms with Gasteiger partial charge in [-0.05, 0) is 45.0 Å². The van der Waals surface area contributed by atoms with Gasteiger partial charge in [0.2, 0.25) is 0 Å². The van der Waals surface area contributed by atoms with Gasteiger partial charge in [-0.25, -0.2) is 9.52 Å². The topological polar surface area (TPSA) is 93.7 Å². The zero-order valence-corrected chi connectivity index (χ0v) is 14.1. The zero-order chi connectivity index (χ0) is 16.8. The van der Waals surface area contributed by atoms with Crippen molar-refractivity contribution in [1.29, 1.82) is 0 Å². The Morgan fingerprint density at radius 1 is 1.23 bits per heavy atom. The van der Waals surface area contributed by atoms with Gasteiger partial charge in [0.1, 0.15) is 18.0 Å². The number of rotatable bonds is 6. The molecule has 0 aliphatic rings. The second kappa shape index (κ2) is 7.66. The van der Waals surface area contributed by atoms with Crippen LogP contribution in [0.2, 0.25) is 5.02 Å².